The number of alkyl halides is 3. The van der Waals surface area contributed by atoms with Crippen LogP contribution in [-0.2, 0) is 19.2 Å². The Hall–Kier alpha value is -4.78. The van der Waals surface area contributed by atoms with Crippen molar-refractivity contribution in [2.24, 2.45) is 23.7 Å². The largest absolute Gasteiger partial charge is 0.502 e. The van der Waals surface area contributed by atoms with Crippen LogP contribution >= 0.6 is 39.1 Å². The normalized spacial score (nSPS) is 27.4. The van der Waals surface area contributed by atoms with Crippen molar-refractivity contribution in [1.82, 2.24) is 4.90 Å². The Bertz CT molecular complexity index is 2160. The molecule has 0 unspecified atom stereocenters. The lowest BCUT2D eigenvalue weighted by Crippen LogP contribution is -2.60. The molecule has 2 heterocycles. The van der Waals surface area contributed by atoms with E-state index in [4.69, 9.17) is 42.1 Å². The summed E-state index contributed by atoms with van der Waals surface area (Å²) in [6.45, 7) is 0. The first kappa shape index (κ1) is 38.5. The molecule has 0 aromatic heterocycles. The molecule has 6 atom stereocenters. The molecular weight excluding hydrogens is 815 g/mol. The monoisotopic (exact) mass is 850 g/mol. The third kappa shape index (κ3) is 6.00. The molecule has 0 bridgehead atoms. The van der Waals surface area contributed by atoms with E-state index < -0.39 is 51.1 Å². The van der Waals surface area contributed by atoms with E-state index in [9.17, 15) is 24.3 Å². The highest BCUT2D eigenvalue weighted by Crippen LogP contribution is 2.63. The number of amides is 4. The SMILES string of the molecule is COc1ccc(OC)c(C=Cc2ccc(N3C(=O)[C@H]4[C@H](CC=C5[C@H]4C[C@@]4(Cl)C(=O)N(CBr)C(=O)[C@@]4(Cl)[C@H]5C=Cc4cc(OC)c(O)c(OC)c4)C3=O)cc2)c1. The molecule has 0 radical (unpaired) electrons. The van der Waals surface area contributed by atoms with Crippen LogP contribution in [0.5, 0.6) is 28.7 Å². The maximum Gasteiger partial charge on any atom is 0.254 e. The van der Waals surface area contributed by atoms with E-state index in [0.717, 1.165) is 16.0 Å². The Morgan fingerprint density at radius 3 is 2.09 bits per heavy atom. The quantitative estimate of drug-likeness (QED) is 0.0749. The predicted molar refractivity (Wildman–Crippen MR) is 212 cm³/mol. The van der Waals surface area contributed by atoms with E-state index in [-0.39, 0.29) is 41.5 Å². The van der Waals surface area contributed by atoms with Gasteiger partial charge in [0.25, 0.3) is 11.8 Å². The average Bonchev–Trinajstić information content (AvgIpc) is 3.53. The summed E-state index contributed by atoms with van der Waals surface area (Å²) in [6, 6.07) is 15.7. The molecule has 2 aliphatic heterocycles. The average molecular weight is 853 g/mol. The summed E-state index contributed by atoms with van der Waals surface area (Å²) in [6.07, 6.45) is 9.09. The van der Waals surface area contributed by atoms with Crippen LogP contribution in [0.25, 0.3) is 18.2 Å². The number of phenolic OH excluding ortho intramolecular Hbond substituents is 1. The molecule has 7 rings (SSSR count). The van der Waals surface area contributed by atoms with Crippen LogP contribution in [0.15, 0.2) is 72.3 Å². The van der Waals surface area contributed by atoms with Gasteiger partial charge in [-0.15, -0.1) is 23.2 Å². The van der Waals surface area contributed by atoms with E-state index in [1.54, 1.807) is 50.6 Å². The first-order chi connectivity index (χ1) is 26.4. The molecule has 11 nitrogen and oxygen atoms in total. The number of aromatic hydroxyl groups is 1. The second-order valence-electron chi connectivity index (χ2n) is 13.7. The number of carbonyl (C=O) groups is 4. The number of fused-ring (bicyclic) bond motifs is 4. The van der Waals surface area contributed by atoms with Crippen molar-refractivity contribution in [2.75, 3.05) is 38.8 Å². The number of nitrogens with zero attached hydrogens (tertiary/aromatic N) is 2. The number of likely N-dealkylation sites (tertiary alicyclic amines) is 1. The number of carbonyl (C=O) groups excluding carboxylic acids is 4. The fourth-order valence-electron chi connectivity index (χ4n) is 8.36. The molecule has 1 saturated carbocycles. The molecule has 1 N–H and O–H groups in total. The van der Waals surface area contributed by atoms with Crippen LogP contribution < -0.4 is 23.8 Å². The first-order valence-corrected chi connectivity index (χ1v) is 19.3. The van der Waals surface area contributed by atoms with Gasteiger partial charge in [-0.25, -0.2) is 0 Å². The van der Waals surface area contributed by atoms with Gasteiger partial charge in [-0.3, -0.25) is 29.0 Å². The second-order valence-corrected chi connectivity index (χ2v) is 15.5. The van der Waals surface area contributed by atoms with Crippen LogP contribution in [0.3, 0.4) is 0 Å². The second kappa shape index (κ2) is 14.7. The Labute approximate surface area is 336 Å². The van der Waals surface area contributed by atoms with Gasteiger partial charge < -0.3 is 24.1 Å². The molecule has 3 fully saturated rings. The highest BCUT2D eigenvalue weighted by atomic mass is 79.9. The van der Waals surface area contributed by atoms with Crippen molar-refractivity contribution < 1.29 is 43.2 Å². The molecule has 286 valence electrons. The number of hydrogen-bond acceptors (Lipinski definition) is 9. The Kier molecular flexibility index (Phi) is 10.3. The molecule has 2 saturated heterocycles. The fraction of sp³-hybridized carbons (Fsp3) is 0.317. The van der Waals surface area contributed by atoms with Gasteiger partial charge >= 0.3 is 0 Å². The van der Waals surface area contributed by atoms with Crippen molar-refractivity contribution in [3.8, 4) is 28.7 Å². The van der Waals surface area contributed by atoms with Gasteiger partial charge in [-0.1, -0.05) is 64.0 Å². The Morgan fingerprint density at radius 1 is 0.800 bits per heavy atom. The van der Waals surface area contributed by atoms with E-state index in [2.05, 4.69) is 15.9 Å². The highest BCUT2D eigenvalue weighted by Gasteiger charge is 2.75. The first-order valence-electron chi connectivity index (χ1n) is 17.4. The molecule has 55 heavy (non-hydrogen) atoms. The van der Waals surface area contributed by atoms with Gasteiger partial charge in [0.15, 0.2) is 21.2 Å². The van der Waals surface area contributed by atoms with Gasteiger partial charge in [0.05, 0.1) is 51.4 Å². The smallest absolute Gasteiger partial charge is 0.254 e. The molecule has 3 aromatic carbocycles. The minimum Gasteiger partial charge on any atom is -0.502 e. The summed E-state index contributed by atoms with van der Waals surface area (Å²) in [7, 11) is 5.99. The predicted octanol–water partition coefficient (Wildman–Crippen LogP) is 7.06. The van der Waals surface area contributed by atoms with Gasteiger partial charge in [-0.2, -0.15) is 0 Å². The van der Waals surface area contributed by atoms with Crippen LogP contribution in [-0.4, -0.2) is 77.3 Å². The summed E-state index contributed by atoms with van der Waals surface area (Å²) >= 11 is 17.9. The number of imide groups is 2. The zero-order valence-corrected chi connectivity index (χ0v) is 33.4. The third-order valence-corrected chi connectivity index (χ3v) is 13.0. The Morgan fingerprint density at radius 2 is 1.47 bits per heavy atom. The zero-order valence-electron chi connectivity index (χ0n) is 30.3. The summed E-state index contributed by atoms with van der Waals surface area (Å²) in [4.78, 5) is 54.8. The molecule has 3 aromatic rings. The van der Waals surface area contributed by atoms with E-state index in [0.29, 0.717) is 28.3 Å². The number of halogens is 3. The molecule has 0 spiro atoms. The van der Waals surface area contributed by atoms with Gasteiger partial charge in [0, 0.05) is 11.5 Å². The summed E-state index contributed by atoms with van der Waals surface area (Å²) in [5, 5.41) is 10.5. The standard InChI is InChI=1S/C41H37BrCl2N2O9/c1-52-26-12-16-31(53-2)24(19-26)9-5-22-6-10-25(11-7-22)46-36(48)28-14-13-27-29(34(28)37(46)49)20-40(43)38(50)45(21-42)39(51)41(40,44)30(27)15-8-23-17-32(54-3)35(47)33(18-23)55-4/h5-13,15-19,28-30,34,47H,14,20-21H2,1-4H3/t28-,29+,30-,34-,40+,41-/m0/s1. The molecular formula is C41H37BrCl2N2O9. The number of allylic oxidation sites excluding steroid dienone is 3. The van der Waals surface area contributed by atoms with E-state index in [1.807, 2.05) is 48.6 Å². The number of ether oxygens (including phenoxy) is 4. The number of methoxy groups -OCH3 is 4. The minimum atomic E-state index is -1.94. The van der Waals surface area contributed by atoms with Gasteiger partial charge in [0.2, 0.25) is 17.6 Å². The summed E-state index contributed by atoms with van der Waals surface area (Å²) < 4.78 is 21.5. The highest BCUT2D eigenvalue weighted by molar-refractivity contribution is 9.09. The number of phenols is 1. The summed E-state index contributed by atoms with van der Waals surface area (Å²) in [5.41, 5.74) is 3.10. The molecule has 2 aliphatic carbocycles. The summed E-state index contributed by atoms with van der Waals surface area (Å²) in [5.74, 6) is -3.84. The third-order valence-electron chi connectivity index (χ3n) is 11.1. The zero-order chi connectivity index (χ0) is 39.4. The molecule has 4 aliphatic rings. The lowest BCUT2D eigenvalue weighted by atomic mass is 9.57. The van der Waals surface area contributed by atoms with Crippen molar-refractivity contribution in [2.45, 2.75) is 22.6 Å². The van der Waals surface area contributed by atoms with Crippen molar-refractivity contribution >= 4 is 86.7 Å². The topological polar surface area (TPSA) is 132 Å². The maximum absolute atomic E-state index is 14.5. The van der Waals surface area contributed by atoms with Gasteiger partial charge in [0.1, 0.15) is 11.5 Å². The van der Waals surface area contributed by atoms with Crippen molar-refractivity contribution in [3.63, 3.8) is 0 Å². The van der Waals surface area contributed by atoms with Crippen LogP contribution in [0, 0.1) is 23.7 Å². The minimum absolute atomic E-state index is 0.129. The molecule has 4 amide bonds. The fourth-order valence-corrected chi connectivity index (χ4v) is 9.74. The van der Waals surface area contributed by atoms with Crippen molar-refractivity contribution in [1.29, 1.82) is 0 Å². The van der Waals surface area contributed by atoms with E-state index >= 15 is 0 Å². The number of anilines is 1. The maximum atomic E-state index is 14.5. The van der Waals surface area contributed by atoms with Gasteiger partial charge in [-0.05, 0) is 72.4 Å². The van der Waals surface area contributed by atoms with Crippen LogP contribution in [0.1, 0.15) is 29.5 Å². The Balaban J connectivity index is 1.22. The van der Waals surface area contributed by atoms with Crippen LogP contribution in [0.4, 0.5) is 5.69 Å². The number of benzene rings is 3. The lowest BCUT2D eigenvalue weighted by molar-refractivity contribution is -0.138. The number of rotatable bonds is 10. The van der Waals surface area contributed by atoms with Crippen LogP contribution in [0.2, 0.25) is 0 Å². The van der Waals surface area contributed by atoms with E-state index in [1.165, 1.54) is 19.1 Å². The number of hydrogen-bond donors (Lipinski definition) is 1. The lowest BCUT2D eigenvalue weighted by Gasteiger charge is -2.49. The van der Waals surface area contributed by atoms with Crippen molar-refractivity contribution in [3.05, 3.63) is 89.0 Å². The molecule has 14 heteroatoms.